The minimum Gasteiger partial charge on any atom is -0.484 e. The summed E-state index contributed by atoms with van der Waals surface area (Å²) in [6, 6.07) is 14.2. The lowest BCUT2D eigenvalue weighted by molar-refractivity contribution is -0.118. The van der Waals surface area contributed by atoms with Gasteiger partial charge in [-0.05, 0) is 73.0 Å². The van der Waals surface area contributed by atoms with Crippen molar-refractivity contribution in [1.82, 2.24) is 14.1 Å². The third kappa shape index (κ3) is 6.81. The average Bonchev–Trinajstić information content (AvgIpc) is 3.38. The molecule has 2 heterocycles. The van der Waals surface area contributed by atoms with E-state index in [-0.39, 0.29) is 36.1 Å². The van der Waals surface area contributed by atoms with Crippen LogP contribution in [0.15, 0.2) is 64.2 Å². The molecular formula is C28H31FN4O6. The predicted molar refractivity (Wildman–Crippen MR) is 146 cm³/mol. The van der Waals surface area contributed by atoms with Crippen molar-refractivity contribution in [2.24, 2.45) is 0 Å². The number of amides is 1. The Bertz CT molecular complexity index is 1520. The van der Waals surface area contributed by atoms with Crippen LogP contribution in [0.2, 0.25) is 0 Å². The quantitative estimate of drug-likeness (QED) is 0.252. The molecule has 10 nitrogen and oxygen atoms in total. The smallest absolute Gasteiger partial charge is 0.331 e. The number of rotatable bonds is 13. The first-order valence-corrected chi connectivity index (χ1v) is 12.5. The van der Waals surface area contributed by atoms with E-state index in [1.165, 1.54) is 28.8 Å². The van der Waals surface area contributed by atoms with Crippen LogP contribution < -0.4 is 21.3 Å². The summed E-state index contributed by atoms with van der Waals surface area (Å²) < 4.78 is 31.7. The van der Waals surface area contributed by atoms with Gasteiger partial charge in [-0.1, -0.05) is 0 Å². The highest BCUT2D eigenvalue weighted by molar-refractivity contribution is 5.91. The maximum atomic E-state index is 13.2. The van der Waals surface area contributed by atoms with E-state index in [4.69, 9.17) is 14.2 Å². The highest BCUT2D eigenvalue weighted by Crippen LogP contribution is 2.24. The van der Waals surface area contributed by atoms with Crippen molar-refractivity contribution < 1.29 is 23.4 Å². The first kappa shape index (κ1) is 27.8. The minimum absolute atomic E-state index is 0.223. The number of carbonyl (C=O) groups is 1. The largest absolute Gasteiger partial charge is 0.484 e. The van der Waals surface area contributed by atoms with E-state index in [0.29, 0.717) is 60.8 Å². The number of hydrogen-bond donors (Lipinski definition) is 2. The van der Waals surface area contributed by atoms with Crippen LogP contribution in [0.25, 0.3) is 22.3 Å². The molecule has 0 bridgehead atoms. The summed E-state index contributed by atoms with van der Waals surface area (Å²) in [7, 11) is 3.18. The normalized spacial score (nSPS) is 11.2. The molecule has 0 atom stereocenters. The number of fused-ring (bicyclic) bond motifs is 1. The van der Waals surface area contributed by atoms with Crippen LogP contribution in [0.1, 0.15) is 12.8 Å². The summed E-state index contributed by atoms with van der Waals surface area (Å²) >= 11 is 0. The highest BCUT2D eigenvalue weighted by atomic mass is 19.1. The van der Waals surface area contributed by atoms with Gasteiger partial charge in [-0.2, -0.15) is 0 Å². The number of anilines is 1. The fourth-order valence-corrected chi connectivity index (χ4v) is 4.20. The topological polar surface area (TPSA) is 117 Å². The molecule has 0 spiro atoms. The number of benzene rings is 2. The summed E-state index contributed by atoms with van der Waals surface area (Å²) in [6.45, 7) is 1.35. The highest BCUT2D eigenvalue weighted by Gasteiger charge is 2.17. The molecule has 1 amide bonds. The Morgan fingerprint density at radius 2 is 1.56 bits per heavy atom. The van der Waals surface area contributed by atoms with Crippen molar-refractivity contribution in [2.45, 2.75) is 25.9 Å². The number of ether oxygens (including phenoxy) is 3. The molecule has 0 unspecified atom stereocenters. The summed E-state index contributed by atoms with van der Waals surface area (Å²) in [5.74, 6) is -0.294. The molecule has 0 aliphatic carbocycles. The van der Waals surface area contributed by atoms with E-state index in [2.05, 4.69) is 10.3 Å². The number of nitrogens with one attached hydrogen (secondary N) is 2. The predicted octanol–water partition coefficient (Wildman–Crippen LogP) is 3.39. The van der Waals surface area contributed by atoms with Gasteiger partial charge in [-0.25, -0.2) is 9.18 Å². The minimum atomic E-state index is -0.388. The Morgan fingerprint density at radius 1 is 0.923 bits per heavy atom. The van der Waals surface area contributed by atoms with E-state index >= 15 is 0 Å². The van der Waals surface area contributed by atoms with E-state index in [0.717, 1.165) is 5.56 Å². The van der Waals surface area contributed by atoms with E-state index in [1.807, 2.05) is 0 Å². The molecule has 206 valence electrons. The van der Waals surface area contributed by atoms with Gasteiger partial charge < -0.3 is 24.5 Å². The van der Waals surface area contributed by atoms with Crippen molar-refractivity contribution in [3.8, 4) is 17.0 Å². The molecule has 11 heteroatoms. The van der Waals surface area contributed by atoms with Gasteiger partial charge in [0.15, 0.2) is 6.61 Å². The standard InChI is InChI=1S/C28H31FN4O6/c1-37-15-3-13-32-24-17-23(31-26(24)27(35)33(28(32)36)14-4-16-38-2)19-5-11-22(12-6-19)39-18-25(34)30-21-9-7-20(29)8-10-21/h5-12,17,31H,3-4,13-16,18H2,1-2H3,(H,30,34). The van der Waals surface area contributed by atoms with Gasteiger partial charge in [0.05, 0.1) is 5.52 Å². The summed E-state index contributed by atoms with van der Waals surface area (Å²) in [5.41, 5.74) is 2.03. The first-order chi connectivity index (χ1) is 18.9. The van der Waals surface area contributed by atoms with Gasteiger partial charge in [0, 0.05) is 51.9 Å². The molecule has 2 N–H and O–H groups in total. The molecule has 4 aromatic rings. The second kappa shape index (κ2) is 13.0. The number of nitrogens with zero attached hydrogens (tertiary/aromatic N) is 2. The maximum absolute atomic E-state index is 13.2. The number of carbonyl (C=O) groups excluding carboxylic acids is 1. The Balaban J connectivity index is 1.53. The zero-order chi connectivity index (χ0) is 27.8. The number of aryl methyl sites for hydroxylation is 1. The van der Waals surface area contributed by atoms with Crippen LogP contribution >= 0.6 is 0 Å². The van der Waals surface area contributed by atoms with E-state index < -0.39 is 0 Å². The molecule has 2 aromatic heterocycles. The fraction of sp³-hybridized carbons (Fsp3) is 0.321. The fourth-order valence-electron chi connectivity index (χ4n) is 4.20. The Morgan fingerprint density at radius 3 is 2.21 bits per heavy atom. The van der Waals surface area contributed by atoms with Gasteiger partial charge in [0.25, 0.3) is 11.5 Å². The van der Waals surface area contributed by atoms with Crippen LogP contribution in [0.4, 0.5) is 10.1 Å². The molecule has 2 aromatic carbocycles. The Hall–Kier alpha value is -4.22. The van der Waals surface area contributed by atoms with Crippen molar-refractivity contribution >= 4 is 22.6 Å². The molecule has 0 saturated heterocycles. The van der Waals surface area contributed by atoms with Gasteiger partial charge in [-0.3, -0.25) is 18.7 Å². The van der Waals surface area contributed by atoms with E-state index in [1.54, 1.807) is 49.1 Å². The number of methoxy groups -OCH3 is 2. The second-order valence-corrected chi connectivity index (χ2v) is 8.90. The van der Waals surface area contributed by atoms with Crippen molar-refractivity contribution in [2.75, 3.05) is 39.4 Å². The second-order valence-electron chi connectivity index (χ2n) is 8.90. The van der Waals surface area contributed by atoms with Gasteiger partial charge in [0.1, 0.15) is 17.1 Å². The molecular weight excluding hydrogens is 507 g/mol. The lowest BCUT2D eigenvalue weighted by Gasteiger charge is -2.11. The average molecular weight is 539 g/mol. The third-order valence-corrected chi connectivity index (χ3v) is 6.13. The van der Waals surface area contributed by atoms with Gasteiger partial charge in [0.2, 0.25) is 0 Å². The molecule has 39 heavy (non-hydrogen) atoms. The lowest BCUT2D eigenvalue weighted by atomic mass is 10.1. The van der Waals surface area contributed by atoms with Crippen molar-refractivity contribution in [3.63, 3.8) is 0 Å². The molecule has 0 radical (unpaired) electrons. The van der Waals surface area contributed by atoms with Crippen LogP contribution in [0.5, 0.6) is 5.75 Å². The number of aromatic nitrogens is 3. The summed E-state index contributed by atoms with van der Waals surface area (Å²) in [5, 5.41) is 2.64. The number of aromatic amines is 1. The summed E-state index contributed by atoms with van der Waals surface area (Å²) in [6.07, 6.45) is 1.15. The maximum Gasteiger partial charge on any atom is 0.331 e. The molecule has 0 aliphatic heterocycles. The van der Waals surface area contributed by atoms with Crippen LogP contribution in [-0.4, -0.2) is 54.1 Å². The monoisotopic (exact) mass is 538 g/mol. The molecule has 0 aliphatic rings. The summed E-state index contributed by atoms with van der Waals surface area (Å²) in [4.78, 5) is 41.7. The van der Waals surface area contributed by atoms with Crippen molar-refractivity contribution in [3.05, 3.63) is 81.3 Å². The first-order valence-electron chi connectivity index (χ1n) is 12.5. The van der Waals surface area contributed by atoms with Crippen LogP contribution in [-0.2, 0) is 27.4 Å². The number of halogens is 1. The molecule has 0 fully saturated rings. The zero-order valence-electron chi connectivity index (χ0n) is 21.9. The Kier molecular flexibility index (Phi) is 9.29. The van der Waals surface area contributed by atoms with Crippen LogP contribution in [0, 0.1) is 5.82 Å². The van der Waals surface area contributed by atoms with Crippen LogP contribution in [0.3, 0.4) is 0 Å². The number of H-pyrrole nitrogens is 1. The number of hydrogen-bond acceptors (Lipinski definition) is 6. The SMILES string of the molecule is COCCCn1c(=O)c2[nH]c(-c3ccc(OCC(=O)Nc4ccc(F)cc4)cc3)cc2n(CCCOC)c1=O. The zero-order valence-corrected chi connectivity index (χ0v) is 21.9. The van der Waals surface area contributed by atoms with E-state index in [9.17, 15) is 18.8 Å². The Labute approximate surface area is 223 Å². The molecule has 0 saturated carbocycles. The lowest BCUT2D eigenvalue weighted by Crippen LogP contribution is -2.40. The third-order valence-electron chi connectivity index (χ3n) is 6.13. The van der Waals surface area contributed by atoms with Gasteiger partial charge >= 0.3 is 5.69 Å². The van der Waals surface area contributed by atoms with Crippen molar-refractivity contribution in [1.29, 1.82) is 0 Å². The van der Waals surface area contributed by atoms with Gasteiger partial charge in [-0.15, -0.1) is 0 Å². The molecule has 4 rings (SSSR count).